The van der Waals surface area contributed by atoms with Crippen LogP contribution in [0.15, 0.2) is 0 Å². The molecule has 1 amide bonds. The minimum absolute atomic E-state index is 0.204. The van der Waals surface area contributed by atoms with E-state index in [-0.39, 0.29) is 12.4 Å². The first kappa shape index (κ1) is 14.2. The van der Waals surface area contributed by atoms with Crippen LogP contribution in [0.2, 0.25) is 0 Å². The van der Waals surface area contributed by atoms with E-state index in [4.69, 9.17) is 14.2 Å². The number of piperazine rings is 1. The summed E-state index contributed by atoms with van der Waals surface area (Å²) in [5.74, 6) is 0. The molecule has 0 saturated carbocycles. The van der Waals surface area contributed by atoms with E-state index in [0.29, 0.717) is 19.7 Å². The summed E-state index contributed by atoms with van der Waals surface area (Å²) >= 11 is 0. The van der Waals surface area contributed by atoms with Gasteiger partial charge < -0.3 is 19.1 Å². The van der Waals surface area contributed by atoms with Crippen molar-refractivity contribution in [3.63, 3.8) is 0 Å². The first-order chi connectivity index (χ1) is 8.21. The van der Waals surface area contributed by atoms with Gasteiger partial charge in [-0.05, 0) is 6.92 Å². The average Bonchev–Trinajstić information content (AvgIpc) is 2.37. The van der Waals surface area contributed by atoms with Crippen molar-refractivity contribution in [3.05, 3.63) is 0 Å². The van der Waals surface area contributed by atoms with Gasteiger partial charge in [0, 0.05) is 46.9 Å². The summed E-state index contributed by atoms with van der Waals surface area (Å²) in [5, 5.41) is 0. The zero-order valence-corrected chi connectivity index (χ0v) is 10.8. The van der Waals surface area contributed by atoms with Gasteiger partial charge in [-0.15, -0.1) is 0 Å². The second-order valence-corrected chi connectivity index (χ2v) is 3.89. The van der Waals surface area contributed by atoms with Crippen LogP contribution in [0.4, 0.5) is 4.79 Å². The lowest BCUT2D eigenvalue weighted by Gasteiger charge is -2.35. The van der Waals surface area contributed by atoms with Gasteiger partial charge in [0.1, 0.15) is 0 Å². The van der Waals surface area contributed by atoms with Crippen molar-refractivity contribution >= 4 is 6.09 Å². The van der Waals surface area contributed by atoms with Gasteiger partial charge in [-0.1, -0.05) is 0 Å². The molecule has 0 aliphatic carbocycles. The van der Waals surface area contributed by atoms with E-state index in [1.54, 1.807) is 19.1 Å². The van der Waals surface area contributed by atoms with Crippen LogP contribution in [0, 0.1) is 0 Å². The Bertz CT molecular complexity index is 226. The molecule has 6 heteroatoms. The van der Waals surface area contributed by atoms with Crippen molar-refractivity contribution in [2.45, 2.75) is 13.2 Å². The molecule has 0 atom stereocenters. The molecule has 100 valence electrons. The molecule has 0 unspecified atom stereocenters. The van der Waals surface area contributed by atoms with Gasteiger partial charge in [0.2, 0.25) is 0 Å². The maximum Gasteiger partial charge on any atom is 0.409 e. The van der Waals surface area contributed by atoms with Crippen LogP contribution in [0.25, 0.3) is 0 Å². The standard InChI is InChI=1S/C11H22N2O4/c1-4-17-11(14)13-7-5-12(6-8-13)9-10(15-2)16-3/h10H,4-9H2,1-3H3. The normalized spacial score (nSPS) is 17.5. The summed E-state index contributed by atoms with van der Waals surface area (Å²) in [6, 6.07) is 0. The van der Waals surface area contributed by atoms with E-state index in [0.717, 1.165) is 19.6 Å². The van der Waals surface area contributed by atoms with E-state index in [1.165, 1.54) is 0 Å². The van der Waals surface area contributed by atoms with E-state index in [2.05, 4.69) is 4.90 Å². The molecule has 0 N–H and O–H groups in total. The van der Waals surface area contributed by atoms with Crippen LogP contribution >= 0.6 is 0 Å². The maximum atomic E-state index is 11.5. The third-order valence-corrected chi connectivity index (χ3v) is 2.83. The van der Waals surface area contributed by atoms with Gasteiger partial charge in [-0.2, -0.15) is 0 Å². The van der Waals surface area contributed by atoms with E-state index in [9.17, 15) is 4.79 Å². The lowest BCUT2D eigenvalue weighted by molar-refractivity contribution is -0.118. The molecule has 0 aromatic carbocycles. The molecular formula is C11H22N2O4. The minimum Gasteiger partial charge on any atom is -0.450 e. The van der Waals surface area contributed by atoms with Crippen molar-refractivity contribution in [1.29, 1.82) is 0 Å². The molecule has 1 rings (SSSR count). The zero-order valence-electron chi connectivity index (χ0n) is 10.8. The van der Waals surface area contributed by atoms with Gasteiger partial charge >= 0.3 is 6.09 Å². The summed E-state index contributed by atoms with van der Waals surface area (Å²) in [6.45, 7) is 6.00. The highest BCUT2D eigenvalue weighted by atomic mass is 16.7. The Morgan fingerprint density at radius 2 is 1.76 bits per heavy atom. The molecule has 0 bridgehead atoms. The lowest BCUT2D eigenvalue weighted by Crippen LogP contribution is -2.50. The molecule has 1 saturated heterocycles. The Kier molecular flexibility index (Phi) is 6.25. The Morgan fingerprint density at radius 1 is 1.18 bits per heavy atom. The van der Waals surface area contributed by atoms with E-state index < -0.39 is 0 Å². The number of rotatable bonds is 5. The summed E-state index contributed by atoms with van der Waals surface area (Å²) in [7, 11) is 3.26. The molecular weight excluding hydrogens is 224 g/mol. The molecule has 6 nitrogen and oxygen atoms in total. The fourth-order valence-electron chi connectivity index (χ4n) is 1.78. The van der Waals surface area contributed by atoms with Crippen LogP contribution in [0.1, 0.15) is 6.92 Å². The number of carbonyl (C=O) groups is 1. The number of nitrogens with zero attached hydrogens (tertiary/aromatic N) is 2. The van der Waals surface area contributed by atoms with Gasteiger partial charge in [-0.3, -0.25) is 4.90 Å². The number of amides is 1. The maximum absolute atomic E-state index is 11.5. The summed E-state index contributed by atoms with van der Waals surface area (Å²) in [6.07, 6.45) is -0.425. The number of hydrogen-bond acceptors (Lipinski definition) is 5. The molecule has 1 aliphatic heterocycles. The minimum atomic E-state index is -0.220. The van der Waals surface area contributed by atoms with E-state index in [1.807, 2.05) is 6.92 Å². The van der Waals surface area contributed by atoms with Crippen molar-refractivity contribution in [2.24, 2.45) is 0 Å². The van der Waals surface area contributed by atoms with Crippen molar-refractivity contribution < 1.29 is 19.0 Å². The fourth-order valence-corrected chi connectivity index (χ4v) is 1.78. The summed E-state index contributed by atoms with van der Waals surface area (Å²) in [4.78, 5) is 15.4. The van der Waals surface area contributed by atoms with Crippen molar-refractivity contribution in [2.75, 3.05) is 53.6 Å². The Labute approximate surface area is 102 Å². The molecule has 0 aromatic rings. The highest BCUT2D eigenvalue weighted by molar-refractivity contribution is 5.67. The van der Waals surface area contributed by atoms with Gasteiger partial charge in [0.05, 0.1) is 6.61 Å². The number of hydrogen-bond donors (Lipinski definition) is 0. The Balaban J connectivity index is 2.28. The third kappa shape index (κ3) is 4.49. The number of carbonyl (C=O) groups excluding carboxylic acids is 1. The quantitative estimate of drug-likeness (QED) is 0.656. The first-order valence-electron chi connectivity index (χ1n) is 5.90. The van der Waals surface area contributed by atoms with Gasteiger partial charge in [0.25, 0.3) is 0 Å². The Hall–Kier alpha value is -0.850. The molecule has 0 spiro atoms. The topological polar surface area (TPSA) is 51.2 Å². The van der Waals surface area contributed by atoms with Gasteiger partial charge in [0.15, 0.2) is 6.29 Å². The zero-order chi connectivity index (χ0) is 12.7. The van der Waals surface area contributed by atoms with E-state index >= 15 is 0 Å². The molecule has 17 heavy (non-hydrogen) atoms. The Morgan fingerprint density at radius 3 is 2.24 bits per heavy atom. The van der Waals surface area contributed by atoms with Crippen LogP contribution in [0.3, 0.4) is 0 Å². The number of methoxy groups -OCH3 is 2. The molecule has 0 radical (unpaired) electrons. The van der Waals surface area contributed by atoms with Crippen LogP contribution in [-0.4, -0.2) is 75.7 Å². The smallest absolute Gasteiger partial charge is 0.409 e. The monoisotopic (exact) mass is 246 g/mol. The van der Waals surface area contributed by atoms with Crippen LogP contribution in [0.5, 0.6) is 0 Å². The number of ether oxygens (including phenoxy) is 3. The van der Waals surface area contributed by atoms with Gasteiger partial charge in [-0.25, -0.2) is 4.79 Å². The average molecular weight is 246 g/mol. The van der Waals surface area contributed by atoms with Crippen LogP contribution in [-0.2, 0) is 14.2 Å². The largest absolute Gasteiger partial charge is 0.450 e. The molecule has 0 aromatic heterocycles. The second kappa shape index (κ2) is 7.47. The molecule has 1 aliphatic rings. The summed E-state index contributed by atoms with van der Waals surface area (Å²) in [5.41, 5.74) is 0. The highest BCUT2D eigenvalue weighted by Crippen LogP contribution is 2.05. The second-order valence-electron chi connectivity index (χ2n) is 3.89. The molecule has 1 fully saturated rings. The lowest BCUT2D eigenvalue weighted by atomic mass is 10.3. The summed E-state index contributed by atoms with van der Waals surface area (Å²) < 4.78 is 15.3. The SMILES string of the molecule is CCOC(=O)N1CCN(CC(OC)OC)CC1. The first-order valence-corrected chi connectivity index (χ1v) is 5.90. The van der Waals surface area contributed by atoms with Crippen molar-refractivity contribution in [1.82, 2.24) is 9.80 Å². The van der Waals surface area contributed by atoms with Crippen molar-refractivity contribution in [3.8, 4) is 0 Å². The predicted octanol–water partition coefficient (Wildman–Crippen LogP) is 0.379. The predicted molar refractivity (Wildman–Crippen MR) is 62.8 cm³/mol. The molecule has 1 heterocycles. The highest BCUT2D eigenvalue weighted by Gasteiger charge is 2.23. The fraction of sp³-hybridized carbons (Fsp3) is 0.909. The van der Waals surface area contributed by atoms with Crippen LogP contribution < -0.4 is 0 Å². The third-order valence-electron chi connectivity index (χ3n) is 2.83.